The van der Waals surface area contributed by atoms with Gasteiger partial charge in [-0.2, -0.15) is 0 Å². The topological polar surface area (TPSA) is 80.0 Å². The maximum absolute atomic E-state index is 12.2. The largest absolute Gasteiger partial charge is 0.391 e. The zero-order valence-electron chi connectivity index (χ0n) is 13.2. The predicted molar refractivity (Wildman–Crippen MR) is 83.8 cm³/mol. The average molecular weight is 302 g/mol. The molecule has 1 aromatic heterocycles. The van der Waals surface area contributed by atoms with Crippen molar-refractivity contribution in [3.8, 4) is 5.69 Å². The first-order chi connectivity index (χ1) is 10.3. The van der Waals surface area contributed by atoms with Crippen molar-refractivity contribution in [3.05, 3.63) is 42.2 Å². The molecular formula is C16H22N4O2. The van der Waals surface area contributed by atoms with Crippen LogP contribution in [0.2, 0.25) is 0 Å². The second-order valence-corrected chi connectivity index (χ2v) is 6.53. The third kappa shape index (κ3) is 4.66. The zero-order valence-corrected chi connectivity index (χ0v) is 13.2. The number of nitrogens with zero attached hydrogens (tertiary/aromatic N) is 3. The van der Waals surface area contributed by atoms with E-state index in [4.69, 9.17) is 0 Å². The molecule has 22 heavy (non-hydrogen) atoms. The molecule has 1 amide bonds. The van der Waals surface area contributed by atoms with Crippen molar-refractivity contribution in [1.82, 2.24) is 20.3 Å². The van der Waals surface area contributed by atoms with Crippen LogP contribution in [0, 0.1) is 5.41 Å². The maximum Gasteiger partial charge on any atom is 0.251 e. The highest BCUT2D eigenvalue weighted by atomic mass is 16.3. The van der Waals surface area contributed by atoms with E-state index in [1.807, 2.05) is 6.07 Å². The molecule has 0 aliphatic rings. The van der Waals surface area contributed by atoms with Crippen LogP contribution in [0.5, 0.6) is 0 Å². The summed E-state index contributed by atoms with van der Waals surface area (Å²) in [6, 6.07) is 7.10. The molecule has 2 aromatic rings. The van der Waals surface area contributed by atoms with Gasteiger partial charge in [0.05, 0.1) is 24.2 Å². The van der Waals surface area contributed by atoms with E-state index in [0.29, 0.717) is 12.0 Å². The molecule has 0 fully saturated rings. The molecule has 1 heterocycles. The van der Waals surface area contributed by atoms with Gasteiger partial charge in [0.15, 0.2) is 0 Å². The van der Waals surface area contributed by atoms with Crippen LogP contribution < -0.4 is 5.32 Å². The van der Waals surface area contributed by atoms with Crippen molar-refractivity contribution < 1.29 is 9.90 Å². The van der Waals surface area contributed by atoms with E-state index in [9.17, 15) is 9.90 Å². The Morgan fingerprint density at radius 3 is 2.82 bits per heavy atom. The van der Waals surface area contributed by atoms with Gasteiger partial charge in [-0.25, -0.2) is 4.68 Å². The van der Waals surface area contributed by atoms with Crippen LogP contribution in [-0.2, 0) is 0 Å². The second kappa shape index (κ2) is 6.70. The van der Waals surface area contributed by atoms with Crippen molar-refractivity contribution in [2.75, 3.05) is 6.54 Å². The summed E-state index contributed by atoms with van der Waals surface area (Å²) in [7, 11) is 0. The number of aliphatic hydroxyl groups excluding tert-OH is 1. The molecule has 0 spiro atoms. The lowest BCUT2D eigenvalue weighted by molar-refractivity contribution is 0.0868. The smallest absolute Gasteiger partial charge is 0.251 e. The SMILES string of the molecule is CC(C)(C)C[C@H](O)CNC(=O)c1cccc(-n2ccnn2)c1. The summed E-state index contributed by atoms with van der Waals surface area (Å²) in [5.41, 5.74) is 1.31. The summed E-state index contributed by atoms with van der Waals surface area (Å²) in [6.07, 6.45) is 3.37. The minimum atomic E-state index is -0.553. The molecule has 0 aliphatic carbocycles. The Labute approximate surface area is 130 Å². The molecule has 1 atom stereocenters. The van der Waals surface area contributed by atoms with Gasteiger partial charge in [-0.1, -0.05) is 32.1 Å². The molecule has 6 heteroatoms. The number of rotatable bonds is 5. The van der Waals surface area contributed by atoms with Gasteiger partial charge in [-0.15, -0.1) is 5.10 Å². The van der Waals surface area contributed by atoms with Crippen LogP contribution in [0.25, 0.3) is 5.69 Å². The lowest BCUT2D eigenvalue weighted by Crippen LogP contribution is -2.34. The Morgan fingerprint density at radius 2 is 2.18 bits per heavy atom. The molecule has 0 radical (unpaired) electrons. The van der Waals surface area contributed by atoms with E-state index >= 15 is 0 Å². The van der Waals surface area contributed by atoms with Crippen molar-refractivity contribution in [2.24, 2.45) is 5.41 Å². The number of aliphatic hydroxyl groups is 1. The van der Waals surface area contributed by atoms with Gasteiger partial charge >= 0.3 is 0 Å². The number of hydrogen-bond donors (Lipinski definition) is 2. The minimum Gasteiger partial charge on any atom is -0.391 e. The van der Waals surface area contributed by atoms with Gasteiger partial charge in [0.2, 0.25) is 0 Å². The Hall–Kier alpha value is -2.21. The Balaban J connectivity index is 1.97. The van der Waals surface area contributed by atoms with E-state index in [0.717, 1.165) is 5.69 Å². The molecular weight excluding hydrogens is 280 g/mol. The number of amides is 1. The highest BCUT2D eigenvalue weighted by molar-refractivity contribution is 5.94. The van der Waals surface area contributed by atoms with Gasteiger partial charge in [-0.05, 0) is 30.0 Å². The molecule has 0 saturated carbocycles. The van der Waals surface area contributed by atoms with Gasteiger partial charge < -0.3 is 10.4 Å². The van der Waals surface area contributed by atoms with Crippen molar-refractivity contribution in [3.63, 3.8) is 0 Å². The van der Waals surface area contributed by atoms with Crippen LogP contribution in [0.3, 0.4) is 0 Å². The fourth-order valence-electron chi connectivity index (χ4n) is 2.23. The normalized spacial score (nSPS) is 12.9. The maximum atomic E-state index is 12.2. The fourth-order valence-corrected chi connectivity index (χ4v) is 2.23. The summed E-state index contributed by atoms with van der Waals surface area (Å²) in [5, 5.41) is 20.4. The van der Waals surface area contributed by atoms with Gasteiger partial charge in [0.25, 0.3) is 5.91 Å². The van der Waals surface area contributed by atoms with Crippen LogP contribution in [0.15, 0.2) is 36.7 Å². The number of benzene rings is 1. The number of aromatic nitrogens is 3. The fraction of sp³-hybridized carbons (Fsp3) is 0.438. The van der Waals surface area contributed by atoms with Crippen molar-refractivity contribution in [1.29, 1.82) is 0 Å². The highest BCUT2D eigenvalue weighted by Gasteiger charge is 2.17. The van der Waals surface area contributed by atoms with E-state index < -0.39 is 6.10 Å². The molecule has 2 rings (SSSR count). The first kappa shape index (κ1) is 16.2. The van der Waals surface area contributed by atoms with Crippen molar-refractivity contribution >= 4 is 5.91 Å². The molecule has 0 saturated heterocycles. The van der Waals surface area contributed by atoms with E-state index in [2.05, 4.69) is 36.4 Å². The molecule has 0 unspecified atom stereocenters. The van der Waals surface area contributed by atoms with Crippen LogP contribution in [-0.4, -0.2) is 38.7 Å². The molecule has 1 aromatic carbocycles. The van der Waals surface area contributed by atoms with Gasteiger partial charge in [0, 0.05) is 12.1 Å². The first-order valence-corrected chi connectivity index (χ1v) is 7.28. The molecule has 0 bridgehead atoms. The van der Waals surface area contributed by atoms with Crippen LogP contribution in [0.4, 0.5) is 0 Å². The number of hydrogen-bond acceptors (Lipinski definition) is 4. The lowest BCUT2D eigenvalue weighted by atomic mass is 9.89. The highest BCUT2D eigenvalue weighted by Crippen LogP contribution is 2.20. The van der Waals surface area contributed by atoms with E-state index in [1.54, 1.807) is 35.3 Å². The Morgan fingerprint density at radius 1 is 1.41 bits per heavy atom. The molecule has 2 N–H and O–H groups in total. The number of carbonyl (C=O) groups is 1. The van der Waals surface area contributed by atoms with Crippen LogP contribution in [0.1, 0.15) is 37.6 Å². The summed E-state index contributed by atoms with van der Waals surface area (Å²) >= 11 is 0. The van der Waals surface area contributed by atoms with E-state index in [-0.39, 0.29) is 17.9 Å². The standard InChI is InChI=1S/C16H22N4O2/c1-16(2,3)10-14(21)11-17-15(22)12-5-4-6-13(9-12)20-8-7-18-19-20/h4-9,14,21H,10-11H2,1-3H3,(H,17,22)/t14-/m0/s1. The quantitative estimate of drug-likeness (QED) is 0.882. The third-order valence-electron chi connectivity index (χ3n) is 3.14. The molecule has 6 nitrogen and oxygen atoms in total. The summed E-state index contributed by atoms with van der Waals surface area (Å²) < 4.78 is 1.59. The zero-order chi connectivity index (χ0) is 16.2. The molecule has 118 valence electrons. The van der Waals surface area contributed by atoms with Gasteiger partial charge in [0.1, 0.15) is 0 Å². The third-order valence-corrected chi connectivity index (χ3v) is 3.14. The summed E-state index contributed by atoms with van der Waals surface area (Å²) in [5.74, 6) is -0.213. The number of carbonyl (C=O) groups excluding carboxylic acids is 1. The monoisotopic (exact) mass is 302 g/mol. The summed E-state index contributed by atoms with van der Waals surface area (Å²) in [6.45, 7) is 6.41. The predicted octanol–water partition coefficient (Wildman–Crippen LogP) is 1.79. The lowest BCUT2D eigenvalue weighted by Gasteiger charge is -2.22. The second-order valence-electron chi connectivity index (χ2n) is 6.53. The van der Waals surface area contributed by atoms with Gasteiger partial charge in [-0.3, -0.25) is 4.79 Å². The van der Waals surface area contributed by atoms with E-state index in [1.165, 1.54) is 0 Å². The average Bonchev–Trinajstić information content (AvgIpc) is 2.97. The van der Waals surface area contributed by atoms with Crippen LogP contribution >= 0.6 is 0 Å². The minimum absolute atomic E-state index is 0.0250. The Kier molecular flexibility index (Phi) is 4.92. The molecule has 0 aliphatic heterocycles. The van der Waals surface area contributed by atoms with Crippen molar-refractivity contribution in [2.45, 2.75) is 33.3 Å². The number of nitrogens with one attached hydrogen (secondary N) is 1. The summed E-state index contributed by atoms with van der Waals surface area (Å²) in [4.78, 5) is 12.2. The Bertz CT molecular complexity index is 617. The first-order valence-electron chi connectivity index (χ1n) is 7.28.